The molecule has 1 atom stereocenters. The molecular weight excluding hydrogens is 366 g/mol. The Kier molecular flexibility index (Phi) is 4.75. The Balaban J connectivity index is 1.70. The van der Waals surface area contributed by atoms with Crippen LogP contribution in [0.1, 0.15) is 30.7 Å². The van der Waals surface area contributed by atoms with E-state index in [-0.39, 0.29) is 6.54 Å². The van der Waals surface area contributed by atoms with Gasteiger partial charge in [-0.3, -0.25) is 4.79 Å². The standard InChI is InChI=1S/C18H19F4N3O2/c1-25-11-10-23-14(25)17(27,18(20,21)22)8-9-24-15(26)16(6-7-16)12-2-4-13(19)5-3-12/h2-5,10-11,27H,6-9H2,1H3,(H,24,26). The summed E-state index contributed by atoms with van der Waals surface area (Å²) in [4.78, 5) is 16.1. The van der Waals surface area contributed by atoms with Crippen molar-refractivity contribution in [3.05, 3.63) is 53.9 Å². The maximum Gasteiger partial charge on any atom is 0.424 e. The molecule has 2 N–H and O–H groups in total. The van der Waals surface area contributed by atoms with Gasteiger partial charge in [-0.1, -0.05) is 12.1 Å². The average molecular weight is 385 g/mol. The normalized spacial score (nSPS) is 18.0. The van der Waals surface area contributed by atoms with Crippen LogP contribution in [0.5, 0.6) is 0 Å². The molecule has 1 amide bonds. The lowest BCUT2D eigenvalue weighted by Gasteiger charge is -2.30. The van der Waals surface area contributed by atoms with Gasteiger partial charge in [-0.25, -0.2) is 9.37 Å². The first kappa shape index (κ1) is 19.3. The van der Waals surface area contributed by atoms with Crippen LogP contribution in [0, 0.1) is 5.82 Å². The summed E-state index contributed by atoms with van der Waals surface area (Å²) in [5, 5.41) is 12.7. The van der Waals surface area contributed by atoms with E-state index in [4.69, 9.17) is 0 Å². The first-order valence-electron chi connectivity index (χ1n) is 8.41. The van der Waals surface area contributed by atoms with Crippen molar-refractivity contribution in [2.75, 3.05) is 6.54 Å². The van der Waals surface area contributed by atoms with Crippen LogP contribution in [0.15, 0.2) is 36.7 Å². The van der Waals surface area contributed by atoms with Gasteiger partial charge in [-0.05, 0) is 30.5 Å². The van der Waals surface area contributed by atoms with Gasteiger partial charge in [-0.15, -0.1) is 0 Å². The number of carbonyl (C=O) groups excluding carboxylic acids is 1. The number of hydrogen-bond acceptors (Lipinski definition) is 3. The molecule has 1 fully saturated rings. The van der Waals surface area contributed by atoms with Crippen LogP contribution in [0.4, 0.5) is 17.6 Å². The van der Waals surface area contributed by atoms with Crippen LogP contribution in [-0.4, -0.2) is 33.3 Å². The number of hydrogen-bond donors (Lipinski definition) is 2. The van der Waals surface area contributed by atoms with E-state index >= 15 is 0 Å². The number of alkyl halides is 3. The first-order valence-corrected chi connectivity index (χ1v) is 8.41. The van der Waals surface area contributed by atoms with Crippen molar-refractivity contribution in [2.24, 2.45) is 7.05 Å². The molecule has 1 aromatic heterocycles. The van der Waals surface area contributed by atoms with Gasteiger partial charge in [0, 0.05) is 32.4 Å². The van der Waals surface area contributed by atoms with E-state index < -0.39 is 41.2 Å². The quantitative estimate of drug-likeness (QED) is 0.751. The molecule has 27 heavy (non-hydrogen) atoms. The molecule has 9 heteroatoms. The highest BCUT2D eigenvalue weighted by Crippen LogP contribution is 2.48. The number of aliphatic hydroxyl groups is 1. The highest BCUT2D eigenvalue weighted by atomic mass is 19.4. The summed E-state index contributed by atoms with van der Waals surface area (Å²) in [6.45, 7) is -0.384. The third kappa shape index (κ3) is 3.43. The SMILES string of the molecule is Cn1ccnc1C(O)(CCNC(=O)C1(c2ccc(F)cc2)CC1)C(F)(F)F. The monoisotopic (exact) mass is 385 g/mol. The van der Waals surface area contributed by atoms with Crippen LogP contribution in [0.3, 0.4) is 0 Å². The summed E-state index contributed by atoms with van der Waals surface area (Å²) < 4.78 is 54.6. The van der Waals surface area contributed by atoms with E-state index in [0.717, 1.165) is 4.57 Å². The zero-order valence-corrected chi connectivity index (χ0v) is 14.6. The van der Waals surface area contributed by atoms with E-state index in [1.807, 2.05) is 0 Å². The maximum atomic E-state index is 13.5. The van der Waals surface area contributed by atoms with Crippen LogP contribution in [-0.2, 0) is 22.9 Å². The van der Waals surface area contributed by atoms with Crippen molar-refractivity contribution in [3.8, 4) is 0 Å². The number of imidazole rings is 1. The number of halogens is 4. The summed E-state index contributed by atoms with van der Waals surface area (Å²) in [7, 11) is 1.35. The summed E-state index contributed by atoms with van der Waals surface area (Å²) in [5.74, 6) is -1.40. The minimum Gasteiger partial charge on any atom is -0.374 e. The lowest BCUT2D eigenvalue weighted by atomic mass is 9.94. The van der Waals surface area contributed by atoms with Gasteiger partial charge in [0.2, 0.25) is 11.5 Å². The molecule has 1 unspecified atom stereocenters. The number of nitrogens with zero attached hydrogens (tertiary/aromatic N) is 2. The van der Waals surface area contributed by atoms with Crippen LogP contribution < -0.4 is 5.32 Å². The number of nitrogens with one attached hydrogen (secondary N) is 1. The van der Waals surface area contributed by atoms with Crippen molar-refractivity contribution >= 4 is 5.91 Å². The molecule has 1 aliphatic carbocycles. The van der Waals surface area contributed by atoms with Gasteiger partial charge in [0.1, 0.15) is 11.6 Å². The second-order valence-corrected chi connectivity index (χ2v) is 6.81. The molecule has 0 aliphatic heterocycles. The molecule has 5 nitrogen and oxygen atoms in total. The zero-order valence-electron chi connectivity index (χ0n) is 14.6. The summed E-state index contributed by atoms with van der Waals surface area (Å²) in [5.41, 5.74) is -3.39. The molecule has 1 aromatic carbocycles. The molecule has 0 saturated heterocycles. The van der Waals surface area contributed by atoms with Gasteiger partial charge in [-0.2, -0.15) is 13.2 Å². The molecule has 1 heterocycles. The first-order chi connectivity index (χ1) is 12.6. The third-order valence-electron chi connectivity index (χ3n) is 5.01. The van der Waals surface area contributed by atoms with Crippen molar-refractivity contribution in [3.63, 3.8) is 0 Å². The molecule has 0 spiro atoms. The lowest BCUT2D eigenvalue weighted by molar-refractivity contribution is -0.272. The Bertz CT molecular complexity index is 828. The Hall–Kier alpha value is -2.42. The van der Waals surface area contributed by atoms with Gasteiger partial charge in [0.25, 0.3) is 0 Å². The van der Waals surface area contributed by atoms with Crippen LogP contribution in [0.25, 0.3) is 0 Å². The summed E-state index contributed by atoms with van der Waals surface area (Å²) in [6.07, 6.45) is -2.19. The second-order valence-electron chi connectivity index (χ2n) is 6.81. The van der Waals surface area contributed by atoms with Gasteiger partial charge >= 0.3 is 6.18 Å². The topological polar surface area (TPSA) is 67.2 Å². The van der Waals surface area contributed by atoms with E-state index in [2.05, 4.69) is 10.3 Å². The number of aryl methyl sites for hydroxylation is 1. The predicted octanol–water partition coefficient (Wildman–Crippen LogP) is 2.55. The third-order valence-corrected chi connectivity index (χ3v) is 5.01. The molecule has 0 bridgehead atoms. The Morgan fingerprint density at radius 3 is 2.41 bits per heavy atom. The summed E-state index contributed by atoms with van der Waals surface area (Å²) in [6, 6.07) is 5.49. The highest BCUT2D eigenvalue weighted by molar-refractivity contribution is 5.91. The largest absolute Gasteiger partial charge is 0.424 e. The smallest absolute Gasteiger partial charge is 0.374 e. The fourth-order valence-electron chi connectivity index (χ4n) is 3.21. The van der Waals surface area contributed by atoms with E-state index in [9.17, 15) is 27.5 Å². The van der Waals surface area contributed by atoms with E-state index in [1.54, 1.807) is 0 Å². The molecule has 3 rings (SSSR count). The number of carbonyl (C=O) groups is 1. The fourth-order valence-corrected chi connectivity index (χ4v) is 3.21. The van der Waals surface area contributed by atoms with Gasteiger partial charge < -0.3 is 15.0 Å². The van der Waals surface area contributed by atoms with E-state index in [0.29, 0.717) is 18.4 Å². The molecule has 0 radical (unpaired) electrons. The highest BCUT2D eigenvalue weighted by Gasteiger charge is 2.57. The molecule has 1 aliphatic rings. The molecule has 146 valence electrons. The average Bonchev–Trinajstić information content (AvgIpc) is 3.29. The number of rotatable bonds is 6. The number of aromatic nitrogens is 2. The van der Waals surface area contributed by atoms with Crippen LogP contribution in [0.2, 0.25) is 0 Å². The van der Waals surface area contributed by atoms with Crippen molar-refractivity contribution in [1.29, 1.82) is 0 Å². The van der Waals surface area contributed by atoms with Crippen molar-refractivity contribution < 1.29 is 27.5 Å². The van der Waals surface area contributed by atoms with Crippen molar-refractivity contribution in [1.82, 2.24) is 14.9 Å². The minimum absolute atomic E-state index is 0.384. The van der Waals surface area contributed by atoms with Gasteiger partial charge in [0.15, 0.2) is 0 Å². The summed E-state index contributed by atoms with van der Waals surface area (Å²) >= 11 is 0. The number of amides is 1. The fraction of sp³-hybridized carbons (Fsp3) is 0.444. The number of benzene rings is 1. The lowest BCUT2D eigenvalue weighted by Crippen LogP contribution is -2.47. The Morgan fingerprint density at radius 2 is 1.93 bits per heavy atom. The Morgan fingerprint density at radius 1 is 1.30 bits per heavy atom. The molecular formula is C18H19F4N3O2. The van der Waals surface area contributed by atoms with Crippen LogP contribution >= 0.6 is 0 Å². The Labute approximate surface area is 153 Å². The molecule has 1 saturated carbocycles. The van der Waals surface area contributed by atoms with Gasteiger partial charge in [0.05, 0.1) is 5.41 Å². The van der Waals surface area contributed by atoms with E-state index in [1.165, 1.54) is 43.7 Å². The second kappa shape index (κ2) is 6.63. The minimum atomic E-state index is -4.95. The molecule has 2 aromatic rings. The maximum absolute atomic E-state index is 13.5. The predicted molar refractivity (Wildman–Crippen MR) is 88.1 cm³/mol. The van der Waals surface area contributed by atoms with Crippen molar-refractivity contribution in [2.45, 2.75) is 36.5 Å². The zero-order chi connectivity index (χ0) is 19.9.